The summed E-state index contributed by atoms with van der Waals surface area (Å²) in [6.07, 6.45) is 2.04. The predicted molar refractivity (Wildman–Crippen MR) is 91.3 cm³/mol. The van der Waals surface area contributed by atoms with Crippen LogP contribution in [-0.4, -0.2) is 0 Å². The van der Waals surface area contributed by atoms with Crippen molar-refractivity contribution in [2.75, 3.05) is 0 Å². The van der Waals surface area contributed by atoms with E-state index in [9.17, 15) is 0 Å². The van der Waals surface area contributed by atoms with Gasteiger partial charge < -0.3 is 4.42 Å². The Morgan fingerprint density at radius 2 is 1.91 bits per heavy atom. The first-order valence-corrected chi connectivity index (χ1v) is 7.47. The van der Waals surface area contributed by atoms with E-state index >= 15 is 0 Å². The van der Waals surface area contributed by atoms with Crippen molar-refractivity contribution in [3.63, 3.8) is 0 Å². The summed E-state index contributed by atoms with van der Waals surface area (Å²) >= 11 is 0. The molecule has 2 heterocycles. The molecule has 0 amide bonds. The summed E-state index contributed by atoms with van der Waals surface area (Å²) in [4.78, 5) is 3.65. The van der Waals surface area contributed by atoms with E-state index in [1.54, 1.807) is 0 Å². The molecule has 2 aromatic heterocycles. The first-order chi connectivity index (χ1) is 11.2. The Labute approximate surface area is 134 Å². The molecule has 0 radical (unpaired) electrons. The second-order valence-electron chi connectivity index (χ2n) is 5.72. The first-order valence-electron chi connectivity index (χ1n) is 7.47. The van der Waals surface area contributed by atoms with E-state index in [0.29, 0.717) is 5.69 Å². The van der Waals surface area contributed by atoms with Gasteiger partial charge in [0.15, 0.2) is 11.9 Å². The maximum atomic E-state index is 7.41. The van der Waals surface area contributed by atoms with Crippen LogP contribution in [0, 0.1) is 13.5 Å². The van der Waals surface area contributed by atoms with Crippen molar-refractivity contribution in [3.05, 3.63) is 71.7 Å². The maximum Gasteiger partial charge on any atom is 0.212 e. The van der Waals surface area contributed by atoms with Gasteiger partial charge in [-0.2, -0.15) is 0 Å². The fourth-order valence-electron chi connectivity index (χ4n) is 3.13. The molecule has 0 N–H and O–H groups in total. The molecular formula is C20H15N2O+. The fraction of sp³-hybridized carbons (Fsp3) is 0.100. The lowest BCUT2D eigenvalue weighted by Gasteiger charge is -2.04. The van der Waals surface area contributed by atoms with Crippen LogP contribution in [0.3, 0.4) is 0 Å². The largest absolute Gasteiger partial charge is 0.457 e. The van der Waals surface area contributed by atoms with Gasteiger partial charge in [0.1, 0.15) is 18.2 Å². The van der Waals surface area contributed by atoms with Gasteiger partial charge in [-0.25, -0.2) is 9.41 Å². The van der Waals surface area contributed by atoms with E-state index in [1.165, 1.54) is 0 Å². The van der Waals surface area contributed by atoms with Gasteiger partial charge >= 0.3 is 0 Å². The minimum atomic E-state index is 0.633. The highest BCUT2D eigenvalue weighted by Gasteiger charge is 2.17. The Kier molecular flexibility index (Phi) is 2.92. The summed E-state index contributed by atoms with van der Waals surface area (Å²) in [6.45, 7) is 9.50. The number of nitrogens with zero attached hydrogens (tertiary/aromatic N) is 2. The topological polar surface area (TPSA) is 21.4 Å². The summed E-state index contributed by atoms with van der Waals surface area (Å²) in [5.41, 5.74) is 5.68. The van der Waals surface area contributed by atoms with Crippen LogP contribution in [0.25, 0.3) is 38.0 Å². The highest BCUT2D eigenvalue weighted by Crippen LogP contribution is 2.38. The van der Waals surface area contributed by atoms with Crippen LogP contribution in [0.15, 0.2) is 59.1 Å². The molecule has 0 aliphatic carbocycles. The van der Waals surface area contributed by atoms with Gasteiger partial charge in [-0.15, -0.1) is 0 Å². The molecule has 0 saturated carbocycles. The number of hydrogen-bond acceptors (Lipinski definition) is 1. The number of pyridine rings is 1. The second kappa shape index (κ2) is 4.96. The molecule has 3 heteroatoms. The molecule has 110 valence electrons. The van der Waals surface area contributed by atoms with Gasteiger partial charge in [0, 0.05) is 28.5 Å². The third-order valence-corrected chi connectivity index (χ3v) is 4.27. The summed E-state index contributed by atoms with van der Waals surface area (Å²) < 4.78 is 8.05. The van der Waals surface area contributed by atoms with E-state index in [-0.39, 0.29) is 0 Å². The highest BCUT2D eigenvalue weighted by molar-refractivity contribution is 6.12. The van der Waals surface area contributed by atoms with Crippen LogP contribution in [0.1, 0.15) is 5.56 Å². The SMILES string of the molecule is [C-]#[N+]c1cccc2oc3cc(C)c(-c4cccc[n+]4C)cc3c12. The predicted octanol–water partition coefficient (Wildman–Crippen LogP) is 4.94. The van der Waals surface area contributed by atoms with Gasteiger partial charge in [0.2, 0.25) is 5.69 Å². The summed E-state index contributed by atoms with van der Waals surface area (Å²) in [6, 6.07) is 16.0. The number of benzene rings is 2. The zero-order chi connectivity index (χ0) is 16.0. The molecule has 0 spiro atoms. The van der Waals surface area contributed by atoms with Crippen molar-refractivity contribution >= 4 is 27.6 Å². The van der Waals surface area contributed by atoms with Crippen LogP contribution in [0.4, 0.5) is 5.69 Å². The van der Waals surface area contributed by atoms with Gasteiger partial charge in [-0.05, 0) is 36.8 Å². The minimum Gasteiger partial charge on any atom is -0.457 e. The Morgan fingerprint density at radius 1 is 1.04 bits per heavy atom. The van der Waals surface area contributed by atoms with Crippen LogP contribution in [0.2, 0.25) is 0 Å². The molecule has 0 atom stereocenters. The monoisotopic (exact) mass is 299 g/mol. The van der Waals surface area contributed by atoms with Gasteiger partial charge in [0.25, 0.3) is 0 Å². The van der Waals surface area contributed by atoms with Crippen molar-refractivity contribution in [3.8, 4) is 11.3 Å². The molecule has 3 nitrogen and oxygen atoms in total. The maximum absolute atomic E-state index is 7.41. The molecular weight excluding hydrogens is 284 g/mol. The Balaban J connectivity index is 2.12. The molecule has 0 unspecified atom stereocenters. The normalized spacial score (nSPS) is 11.0. The van der Waals surface area contributed by atoms with Crippen molar-refractivity contribution < 1.29 is 8.98 Å². The molecule has 0 aliphatic rings. The molecule has 0 fully saturated rings. The molecule has 0 saturated heterocycles. The Bertz CT molecular complexity index is 1100. The zero-order valence-electron chi connectivity index (χ0n) is 13.0. The van der Waals surface area contributed by atoms with Crippen LogP contribution >= 0.6 is 0 Å². The number of aromatic nitrogens is 1. The summed E-state index contributed by atoms with van der Waals surface area (Å²) in [5, 5.41) is 1.90. The number of rotatable bonds is 1. The Hall–Kier alpha value is -3.12. The van der Waals surface area contributed by atoms with Crippen LogP contribution in [-0.2, 0) is 7.05 Å². The van der Waals surface area contributed by atoms with Gasteiger partial charge in [-0.3, -0.25) is 0 Å². The number of furan rings is 1. The summed E-state index contributed by atoms with van der Waals surface area (Å²) in [5.74, 6) is 0. The molecule has 4 rings (SSSR count). The number of fused-ring (bicyclic) bond motifs is 3. The summed E-state index contributed by atoms with van der Waals surface area (Å²) in [7, 11) is 2.04. The lowest BCUT2D eigenvalue weighted by atomic mass is 10.0. The minimum absolute atomic E-state index is 0.633. The first kappa shape index (κ1) is 13.5. The lowest BCUT2D eigenvalue weighted by molar-refractivity contribution is -0.660. The van der Waals surface area contributed by atoms with Gasteiger partial charge in [0.05, 0.1) is 6.57 Å². The van der Waals surface area contributed by atoms with E-state index in [4.69, 9.17) is 11.0 Å². The quantitative estimate of drug-likeness (QED) is 0.360. The second-order valence-corrected chi connectivity index (χ2v) is 5.72. The standard InChI is InChI=1S/C20H15N2O/c1-13-11-19-15(12-14(13)17-8-4-5-10-22(17)3)20-16(21-2)7-6-9-18(20)23-19/h4-12H,1,3H3/q+1. The van der Waals surface area contributed by atoms with E-state index in [2.05, 4.69) is 34.5 Å². The molecule has 2 aromatic carbocycles. The average molecular weight is 299 g/mol. The van der Waals surface area contributed by atoms with Crippen LogP contribution in [0.5, 0.6) is 0 Å². The van der Waals surface area contributed by atoms with Crippen molar-refractivity contribution in [2.45, 2.75) is 6.92 Å². The van der Waals surface area contributed by atoms with E-state index in [1.807, 2.05) is 43.6 Å². The Morgan fingerprint density at radius 3 is 2.70 bits per heavy atom. The third-order valence-electron chi connectivity index (χ3n) is 4.27. The number of aryl methyl sites for hydroxylation is 2. The molecule has 4 aromatic rings. The van der Waals surface area contributed by atoms with Crippen LogP contribution < -0.4 is 4.57 Å². The van der Waals surface area contributed by atoms with Crippen molar-refractivity contribution in [1.82, 2.24) is 0 Å². The molecule has 0 aliphatic heterocycles. The van der Waals surface area contributed by atoms with E-state index in [0.717, 1.165) is 38.8 Å². The highest BCUT2D eigenvalue weighted by atomic mass is 16.3. The lowest BCUT2D eigenvalue weighted by Crippen LogP contribution is -2.30. The number of hydrogen-bond donors (Lipinski definition) is 0. The molecule has 23 heavy (non-hydrogen) atoms. The van der Waals surface area contributed by atoms with Crippen molar-refractivity contribution in [2.24, 2.45) is 7.05 Å². The zero-order valence-corrected chi connectivity index (χ0v) is 13.0. The average Bonchev–Trinajstić information content (AvgIpc) is 2.92. The van der Waals surface area contributed by atoms with Gasteiger partial charge in [-0.1, -0.05) is 12.1 Å². The third kappa shape index (κ3) is 2.00. The smallest absolute Gasteiger partial charge is 0.212 e. The molecule has 0 bridgehead atoms. The fourth-order valence-corrected chi connectivity index (χ4v) is 3.13. The van der Waals surface area contributed by atoms with E-state index < -0.39 is 0 Å². The van der Waals surface area contributed by atoms with Crippen molar-refractivity contribution in [1.29, 1.82) is 0 Å².